The molecule has 64 valence electrons. The summed E-state index contributed by atoms with van der Waals surface area (Å²) in [6.45, 7) is 2.13. The number of unbranched alkanes of at least 4 members (excludes halogenated alkanes) is 3. The molecule has 0 saturated heterocycles. The molecule has 1 nitrogen and oxygen atoms in total. The van der Waals surface area contributed by atoms with Crippen molar-refractivity contribution in [3.8, 4) is 6.07 Å². The number of nitriles is 1. The first-order valence-corrected chi connectivity index (χ1v) is 4.32. The zero-order valence-corrected chi connectivity index (χ0v) is 7.15. The minimum atomic E-state index is -0.892. The summed E-state index contributed by atoms with van der Waals surface area (Å²) in [6.07, 6.45) is 4.12. The molecule has 0 spiro atoms. The minimum absolute atomic E-state index is 0.0616. The summed E-state index contributed by atoms with van der Waals surface area (Å²) in [7, 11) is 0. The van der Waals surface area contributed by atoms with Crippen LogP contribution in [0.1, 0.15) is 45.4 Å². The Morgan fingerprint density at radius 2 is 2.09 bits per heavy atom. The van der Waals surface area contributed by atoms with Crippen molar-refractivity contribution in [2.24, 2.45) is 0 Å². The van der Waals surface area contributed by atoms with Crippen LogP contribution in [0.3, 0.4) is 0 Å². The highest BCUT2D eigenvalue weighted by Gasteiger charge is 2.03. The third-order valence-corrected chi connectivity index (χ3v) is 1.68. The van der Waals surface area contributed by atoms with E-state index in [2.05, 4.69) is 6.92 Å². The van der Waals surface area contributed by atoms with Crippen LogP contribution in [0, 0.1) is 11.3 Å². The van der Waals surface area contributed by atoms with Gasteiger partial charge in [-0.15, -0.1) is 0 Å². The average molecular weight is 157 g/mol. The van der Waals surface area contributed by atoms with Gasteiger partial charge >= 0.3 is 0 Å². The molecule has 0 aromatic carbocycles. The van der Waals surface area contributed by atoms with Crippen molar-refractivity contribution in [1.82, 2.24) is 0 Å². The number of halogens is 1. The van der Waals surface area contributed by atoms with Gasteiger partial charge in [-0.05, 0) is 6.42 Å². The number of hydrogen-bond donors (Lipinski definition) is 0. The molecule has 0 aromatic heterocycles. The predicted molar refractivity (Wildman–Crippen MR) is 43.9 cm³/mol. The third-order valence-electron chi connectivity index (χ3n) is 1.68. The molecule has 0 fully saturated rings. The van der Waals surface area contributed by atoms with Crippen LogP contribution in [-0.4, -0.2) is 6.17 Å². The maximum atomic E-state index is 12.6. The number of hydrogen-bond acceptors (Lipinski definition) is 1. The van der Waals surface area contributed by atoms with E-state index in [9.17, 15) is 4.39 Å². The predicted octanol–water partition coefficient (Wildman–Crippen LogP) is 3.21. The molecule has 1 atom stereocenters. The lowest BCUT2D eigenvalue weighted by Gasteiger charge is -2.01. The van der Waals surface area contributed by atoms with Crippen LogP contribution in [0.2, 0.25) is 0 Å². The standard InChI is InChI=1S/C9H16FN/c1-2-3-4-5-6-9(10)7-8-11/h9H,2-7H2,1H3. The van der Waals surface area contributed by atoms with Gasteiger partial charge in [0.1, 0.15) is 6.17 Å². The second-order valence-electron chi connectivity index (χ2n) is 2.81. The first kappa shape index (κ1) is 10.4. The molecule has 2 heteroatoms. The Bertz CT molecular complexity index is 117. The molecule has 0 amide bonds. The quantitative estimate of drug-likeness (QED) is 0.543. The third kappa shape index (κ3) is 7.32. The smallest absolute Gasteiger partial charge is 0.113 e. The molecule has 0 heterocycles. The molecule has 0 aromatic rings. The normalized spacial score (nSPS) is 12.5. The average Bonchev–Trinajstić information content (AvgIpc) is 1.99. The maximum Gasteiger partial charge on any atom is 0.113 e. The van der Waals surface area contributed by atoms with Crippen molar-refractivity contribution in [2.45, 2.75) is 51.6 Å². The van der Waals surface area contributed by atoms with Gasteiger partial charge in [0, 0.05) is 0 Å². The SMILES string of the molecule is CCCCCCC(F)CC#N. The lowest BCUT2D eigenvalue weighted by molar-refractivity contribution is 0.310. The van der Waals surface area contributed by atoms with E-state index in [-0.39, 0.29) is 6.42 Å². The molecule has 0 aliphatic rings. The van der Waals surface area contributed by atoms with E-state index in [1.54, 1.807) is 0 Å². The summed E-state index contributed by atoms with van der Waals surface area (Å²) in [5.41, 5.74) is 0. The molecule has 1 unspecified atom stereocenters. The van der Waals surface area contributed by atoms with E-state index in [4.69, 9.17) is 5.26 Å². The molecule has 11 heavy (non-hydrogen) atoms. The van der Waals surface area contributed by atoms with Gasteiger partial charge in [-0.1, -0.05) is 32.6 Å². The van der Waals surface area contributed by atoms with Crippen LogP contribution in [0.5, 0.6) is 0 Å². The van der Waals surface area contributed by atoms with E-state index in [1.807, 2.05) is 6.07 Å². The Kier molecular flexibility index (Phi) is 7.13. The number of rotatable bonds is 6. The van der Waals surface area contributed by atoms with Gasteiger partial charge in [0.15, 0.2) is 0 Å². The summed E-state index contributed by atoms with van der Waals surface area (Å²) >= 11 is 0. The van der Waals surface area contributed by atoms with Crippen molar-refractivity contribution in [1.29, 1.82) is 5.26 Å². The Morgan fingerprint density at radius 3 is 2.64 bits per heavy atom. The number of alkyl halides is 1. The van der Waals surface area contributed by atoms with Crippen molar-refractivity contribution in [3.05, 3.63) is 0 Å². The van der Waals surface area contributed by atoms with Crippen LogP contribution in [0.25, 0.3) is 0 Å². The fourth-order valence-electron chi connectivity index (χ4n) is 0.994. The lowest BCUT2D eigenvalue weighted by Crippen LogP contribution is -1.97. The van der Waals surface area contributed by atoms with Crippen molar-refractivity contribution in [3.63, 3.8) is 0 Å². The monoisotopic (exact) mass is 157 g/mol. The molecule has 0 rings (SSSR count). The highest BCUT2D eigenvalue weighted by atomic mass is 19.1. The van der Waals surface area contributed by atoms with Gasteiger partial charge < -0.3 is 0 Å². The van der Waals surface area contributed by atoms with E-state index >= 15 is 0 Å². The fraction of sp³-hybridized carbons (Fsp3) is 0.889. The van der Waals surface area contributed by atoms with Gasteiger partial charge in [-0.3, -0.25) is 0 Å². The van der Waals surface area contributed by atoms with E-state index in [0.29, 0.717) is 6.42 Å². The van der Waals surface area contributed by atoms with Gasteiger partial charge in [0.05, 0.1) is 12.5 Å². The molecular formula is C9H16FN. The first-order valence-electron chi connectivity index (χ1n) is 4.32. The molecular weight excluding hydrogens is 141 g/mol. The molecule has 0 saturated carbocycles. The highest BCUT2D eigenvalue weighted by molar-refractivity contribution is 4.74. The second-order valence-corrected chi connectivity index (χ2v) is 2.81. The Balaban J connectivity index is 3.05. The summed E-state index contributed by atoms with van der Waals surface area (Å²) in [6, 6.07) is 1.83. The zero-order valence-electron chi connectivity index (χ0n) is 7.15. The van der Waals surface area contributed by atoms with Crippen LogP contribution < -0.4 is 0 Å². The van der Waals surface area contributed by atoms with Gasteiger partial charge in [0.2, 0.25) is 0 Å². The summed E-state index contributed by atoms with van der Waals surface area (Å²) in [5, 5.41) is 8.15. The topological polar surface area (TPSA) is 23.8 Å². The van der Waals surface area contributed by atoms with Crippen LogP contribution >= 0.6 is 0 Å². The van der Waals surface area contributed by atoms with E-state index in [1.165, 1.54) is 12.8 Å². The van der Waals surface area contributed by atoms with Gasteiger partial charge in [-0.25, -0.2) is 4.39 Å². The molecule has 0 bridgehead atoms. The zero-order chi connectivity index (χ0) is 8.53. The van der Waals surface area contributed by atoms with Crippen LogP contribution in [0.4, 0.5) is 4.39 Å². The largest absolute Gasteiger partial charge is 0.246 e. The van der Waals surface area contributed by atoms with Crippen LogP contribution in [-0.2, 0) is 0 Å². The van der Waals surface area contributed by atoms with Gasteiger partial charge in [0.25, 0.3) is 0 Å². The fourth-order valence-corrected chi connectivity index (χ4v) is 0.994. The Hall–Kier alpha value is -0.580. The first-order chi connectivity index (χ1) is 5.31. The van der Waals surface area contributed by atoms with Gasteiger partial charge in [-0.2, -0.15) is 5.26 Å². The van der Waals surface area contributed by atoms with E-state index in [0.717, 1.165) is 12.8 Å². The van der Waals surface area contributed by atoms with Crippen molar-refractivity contribution < 1.29 is 4.39 Å². The minimum Gasteiger partial charge on any atom is -0.246 e. The van der Waals surface area contributed by atoms with Crippen molar-refractivity contribution in [2.75, 3.05) is 0 Å². The van der Waals surface area contributed by atoms with Crippen LogP contribution in [0.15, 0.2) is 0 Å². The molecule has 0 aliphatic heterocycles. The van der Waals surface area contributed by atoms with E-state index < -0.39 is 6.17 Å². The summed E-state index contributed by atoms with van der Waals surface area (Å²) in [5.74, 6) is 0. The molecule has 0 radical (unpaired) electrons. The number of nitrogens with zero attached hydrogens (tertiary/aromatic N) is 1. The van der Waals surface area contributed by atoms with Crippen molar-refractivity contribution >= 4 is 0 Å². The Morgan fingerprint density at radius 1 is 1.36 bits per heavy atom. The Labute approximate surface area is 68.2 Å². The highest BCUT2D eigenvalue weighted by Crippen LogP contribution is 2.09. The molecule has 0 aliphatic carbocycles. The maximum absolute atomic E-state index is 12.6. The second kappa shape index (κ2) is 7.53. The summed E-state index contributed by atoms with van der Waals surface area (Å²) in [4.78, 5) is 0. The molecule has 0 N–H and O–H groups in total. The summed E-state index contributed by atoms with van der Waals surface area (Å²) < 4.78 is 12.6. The lowest BCUT2D eigenvalue weighted by atomic mass is 10.1.